The van der Waals surface area contributed by atoms with E-state index in [1.165, 1.54) is 11.2 Å². The summed E-state index contributed by atoms with van der Waals surface area (Å²) < 4.78 is 10.6. The summed E-state index contributed by atoms with van der Waals surface area (Å²) in [5.74, 6) is 0.409. The number of rotatable bonds is 6. The lowest BCUT2D eigenvalue weighted by molar-refractivity contribution is -0.133. The van der Waals surface area contributed by atoms with E-state index in [0.29, 0.717) is 5.76 Å². The van der Waals surface area contributed by atoms with Crippen LogP contribution in [-0.2, 0) is 9.59 Å². The SMILES string of the molecule is CN(CC(=O)NC(C)(C)C)C(=O)CSc1nnc(-c2ccco2)o1. The van der Waals surface area contributed by atoms with Crippen LogP contribution in [0, 0.1) is 0 Å². The maximum atomic E-state index is 12.1. The number of aromatic nitrogens is 2. The van der Waals surface area contributed by atoms with Crippen LogP contribution in [-0.4, -0.2) is 51.8 Å². The second-order valence-corrected chi connectivity index (χ2v) is 7.11. The summed E-state index contributed by atoms with van der Waals surface area (Å²) in [7, 11) is 1.58. The van der Waals surface area contributed by atoms with Gasteiger partial charge in [0.05, 0.1) is 18.6 Å². The van der Waals surface area contributed by atoms with Crippen molar-refractivity contribution in [3.63, 3.8) is 0 Å². The van der Waals surface area contributed by atoms with Gasteiger partial charge in [-0.15, -0.1) is 10.2 Å². The van der Waals surface area contributed by atoms with Crippen LogP contribution in [0.4, 0.5) is 0 Å². The average Bonchev–Trinajstić information content (AvgIpc) is 3.13. The highest BCUT2D eigenvalue weighted by molar-refractivity contribution is 7.99. The van der Waals surface area contributed by atoms with Crippen molar-refractivity contribution >= 4 is 23.6 Å². The number of furan rings is 1. The van der Waals surface area contributed by atoms with Gasteiger partial charge in [0, 0.05) is 12.6 Å². The Balaban J connectivity index is 1.81. The van der Waals surface area contributed by atoms with E-state index in [4.69, 9.17) is 8.83 Å². The van der Waals surface area contributed by atoms with Crippen LogP contribution in [0.1, 0.15) is 20.8 Å². The number of likely N-dealkylation sites (N-methyl/N-ethyl adjacent to an activating group) is 1. The van der Waals surface area contributed by atoms with E-state index in [2.05, 4.69) is 15.5 Å². The van der Waals surface area contributed by atoms with E-state index in [1.807, 2.05) is 20.8 Å². The summed E-state index contributed by atoms with van der Waals surface area (Å²) in [6.45, 7) is 5.65. The molecule has 0 saturated carbocycles. The third kappa shape index (κ3) is 5.41. The molecule has 24 heavy (non-hydrogen) atoms. The number of nitrogens with one attached hydrogen (secondary N) is 1. The largest absolute Gasteiger partial charge is 0.459 e. The molecule has 130 valence electrons. The number of carbonyl (C=O) groups excluding carboxylic acids is 2. The standard InChI is InChI=1S/C15H20N4O4S/c1-15(2,3)16-11(20)8-19(4)12(21)9-24-14-18-17-13(23-14)10-6-5-7-22-10/h5-7H,8-9H2,1-4H3,(H,16,20). The lowest BCUT2D eigenvalue weighted by Crippen LogP contribution is -2.46. The molecule has 2 aromatic heterocycles. The summed E-state index contributed by atoms with van der Waals surface area (Å²) >= 11 is 1.11. The first-order valence-corrected chi connectivity index (χ1v) is 8.28. The maximum Gasteiger partial charge on any atom is 0.284 e. The minimum atomic E-state index is -0.332. The topological polar surface area (TPSA) is 101 Å². The lowest BCUT2D eigenvalue weighted by atomic mass is 10.1. The van der Waals surface area contributed by atoms with Crippen molar-refractivity contribution < 1.29 is 18.4 Å². The third-order valence-corrected chi connectivity index (χ3v) is 3.58. The Morgan fingerprint density at radius 3 is 2.71 bits per heavy atom. The van der Waals surface area contributed by atoms with Gasteiger partial charge in [0.2, 0.25) is 11.8 Å². The molecule has 2 heterocycles. The monoisotopic (exact) mass is 352 g/mol. The Hall–Kier alpha value is -2.29. The van der Waals surface area contributed by atoms with E-state index in [1.54, 1.807) is 19.2 Å². The van der Waals surface area contributed by atoms with Crippen molar-refractivity contribution in [3.8, 4) is 11.7 Å². The molecule has 0 fully saturated rings. The quantitative estimate of drug-likeness (QED) is 0.791. The minimum absolute atomic E-state index is 0.00184. The fourth-order valence-corrected chi connectivity index (χ4v) is 2.47. The minimum Gasteiger partial charge on any atom is -0.459 e. The van der Waals surface area contributed by atoms with Gasteiger partial charge in [-0.3, -0.25) is 9.59 Å². The van der Waals surface area contributed by atoms with Crippen molar-refractivity contribution in [3.05, 3.63) is 18.4 Å². The van der Waals surface area contributed by atoms with E-state index >= 15 is 0 Å². The first-order chi connectivity index (χ1) is 11.2. The Morgan fingerprint density at radius 1 is 1.33 bits per heavy atom. The van der Waals surface area contributed by atoms with Gasteiger partial charge >= 0.3 is 0 Å². The van der Waals surface area contributed by atoms with Gasteiger partial charge in [-0.1, -0.05) is 11.8 Å². The highest BCUT2D eigenvalue weighted by Gasteiger charge is 2.19. The fourth-order valence-electron chi connectivity index (χ4n) is 1.76. The van der Waals surface area contributed by atoms with E-state index in [0.717, 1.165) is 11.8 Å². The average molecular weight is 352 g/mol. The highest BCUT2D eigenvalue weighted by Crippen LogP contribution is 2.23. The van der Waals surface area contributed by atoms with E-state index in [9.17, 15) is 9.59 Å². The first-order valence-electron chi connectivity index (χ1n) is 7.30. The van der Waals surface area contributed by atoms with Gasteiger partial charge in [0.1, 0.15) is 0 Å². The zero-order valence-electron chi connectivity index (χ0n) is 14.0. The normalized spacial score (nSPS) is 11.3. The molecule has 2 amide bonds. The zero-order valence-corrected chi connectivity index (χ0v) is 14.8. The fraction of sp³-hybridized carbons (Fsp3) is 0.467. The Labute approximate surface area is 144 Å². The van der Waals surface area contributed by atoms with E-state index in [-0.39, 0.29) is 40.8 Å². The Bertz CT molecular complexity index is 691. The predicted octanol–water partition coefficient (Wildman–Crippen LogP) is 1.79. The molecule has 0 aliphatic carbocycles. The van der Waals surface area contributed by atoms with Crippen LogP contribution < -0.4 is 5.32 Å². The van der Waals surface area contributed by atoms with Crippen molar-refractivity contribution in [2.45, 2.75) is 31.5 Å². The number of hydrogen-bond acceptors (Lipinski definition) is 7. The van der Waals surface area contributed by atoms with Gasteiger partial charge < -0.3 is 19.1 Å². The van der Waals surface area contributed by atoms with Gasteiger partial charge in [0.25, 0.3) is 11.1 Å². The molecule has 0 aromatic carbocycles. The second kappa shape index (κ2) is 7.52. The van der Waals surface area contributed by atoms with Gasteiger partial charge in [-0.05, 0) is 32.9 Å². The van der Waals surface area contributed by atoms with Crippen LogP contribution in [0.25, 0.3) is 11.7 Å². The molecule has 0 atom stereocenters. The molecular formula is C15H20N4O4S. The number of amides is 2. The molecular weight excluding hydrogens is 332 g/mol. The Kier molecular flexibility index (Phi) is 5.66. The summed E-state index contributed by atoms with van der Waals surface area (Å²) in [5, 5.41) is 10.8. The van der Waals surface area contributed by atoms with Crippen LogP contribution >= 0.6 is 11.8 Å². The number of carbonyl (C=O) groups is 2. The summed E-state index contributed by atoms with van der Waals surface area (Å²) in [6.07, 6.45) is 1.51. The maximum absolute atomic E-state index is 12.1. The van der Waals surface area contributed by atoms with Crippen LogP contribution in [0.15, 0.2) is 32.5 Å². The zero-order chi connectivity index (χ0) is 17.7. The molecule has 2 aromatic rings. The molecule has 0 radical (unpaired) electrons. The molecule has 0 saturated heterocycles. The van der Waals surface area contributed by atoms with E-state index < -0.39 is 0 Å². The van der Waals surface area contributed by atoms with Gasteiger partial charge in [0.15, 0.2) is 5.76 Å². The van der Waals surface area contributed by atoms with Crippen LogP contribution in [0.3, 0.4) is 0 Å². The molecule has 0 aliphatic rings. The smallest absolute Gasteiger partial charge is 0.284 e. The first kappa shape index (κ1) is 18.1. The predicted molar refractivity (Wildman–Crippen MR) is 88.3 cm³/mol. The van der Waals surface area contributed by atoms with Crippen LogP contribution in [0.5, 0.6) is 0 Å². The van der Waals surface area contributed by atoms with Crippen molar-refractivity contribution in [1.82, 2.24) is 20.4 Å². The van der Waals surface area contributed by atoms with Gasteiger partial charge in [-0.25, -0.2) is 0 Å². The van der Waals surface area contributed by atoms with Gasteiger partial charge in [-0.2, -0.15) is 0 Å². The summed E-state index contributed by atoms with van der Waals surface area (Å²) in [6, 6.07) is 3.42. The molecule has 1 N–H and O–H groups in total. The molecule has 0 bridgehead atoms. The van der Waals surface area contributed by atoms with Crippen LogP contribution in [0.2, 0.25) is 0 Å². The number of thioether (sulfide) groups is 1. The molecule has 9 heteroatoms. The third-order valence-electron chi connectivity index (χ3n) is 2.78. The summed E-state index contributed by atoms with van der Waals surface area (Å²) in [4.78, 5) is 25.2. The number of nitrogens with zero attached hydrogens (tertiary/aromatic N) is 3. The molecule has 0 unspecified atom stereocenters. The van der Waals surface area contributed by atoms with Crippen molar-refractivity contribution in [2.75, 3.05) is 19.3 Å². The Morgan fingerprint density at radius 2 is 2.08 bits per heavy atom. The summed E-state index contributed by atoms with van der Waals surface area (Å²) in [5.41, 5.74) is -0.332. The molecule has 8 nitrogen and oxygen atoms in total. The lowest BCUT2D eigenvalue weighted by Gasteiger charge is -2.23. The number of hydrogen-bond donors (Lipinski definition) is 1. The molecule has 0 aliphatic heterocycles. The van der Waals surface area contributed by atoms with Crippen molar-refractivity contribution in [1.29, 1.82) is 0 Å². The molecule has 2 rings (SSSR count). The second-order valence-electron chi connectivity index (χ2n) is 6.19. The highest BCUT2D eigenvalue weighted by atomic mass is 32.2. The van der Waals surface area contributed by atoms with Crippen molar-refractivity contribution in [2.24, 2.45) is 0 Å². The molecule has 0 spiro atoms.